The maximum absolute atomic E-state index is 12.1. The van der Waals surface area contributed by atoms with Crippen LogP contribution in [0, 0.1) is 19.8 Å². The Morgan fingerprint density at radius 1 is 1.19 bits per heavy atom. The van der Waals surface area contributed by atoms with Crippen molar-refractivity contribution in [1.82, 2.24) is 20.3 Å². The van der Waals surface area contributed by atoms with Gasteiger partial charge in [-0.1, -0.05) is 0 Å². The van der Waals surface area contributed by atoms with E-state index in [-0.39, 0.29) is 11.8 Å². The standard InChI is InChI=1S/C23H26N6O2S/c1-14-3-6-19(31-14)20-21(29-9-7-24-8-10-29)15(2)26-23(28-20)32-18-11-17(12-25-13-18)27-22(30)16-4-5-16/h3,6,11-13,16,24H,4-5,7-10H2,1-2H3,(H,27,30). The Labute approximate surface area is 191 Å². The lowest BCUT2D eigenvalue weighted by molar-refractivity contribution is -0.117. The minimum Gasteiger partial charge on any atom is -0.460 e. The lowest BCUT2D eigenvalue weighted by Crippen LogP contribution is -2.44. The lowest BCUT2D eigenvalue weighted by atomic mass is 10.2. The van der Waals surface area contributed by atoms with Gasteiger partial charge < -0.3 is 20.0 Å². The van der Waals surface area contributed by atoms with Crippen LogP contribution in [0.1, 0.15) is 24.3 Å². The third kappa shape index (κ3) is 4.63. The van der Waals surface area contributed by atoms with E-state index in [1.54, 1.807) is 12.4 Å². The topological polar surface area (TPSA) is 96.2 Å². The molecule has 1 saturated heterocycles. The molecule has 5 rings (SSSR count). The summed E-state index contributed by atoms with van der Waals surface area (Å²) in [6, 6.07) is 5.83. The number of hydrogen-bond donors (Lipinski definition) is 2. The Balaban J connectivity index is 1.45. The van der Waals surface area contributed by atoms with Gasteiger partial charge in [-0.05, 0) is 56.7 Å². The van der Waals surface area contributed by atoms with Gasteiger partial charge in [0, 0.05) is 43.2 Å². The first kappa shape index (κ1) is 21.0. The molecule has 2 aliphatic rings. The van der Waals surface area contributed by atoms with Gasteiger partial charge in [0.15, 0.2) is 10.9 Å². The number of amides is 1. The zero-order chi connectivity index (χ0) is 22.1. The van der Waals surface area contributed by atoms with Crippen LogP contribution < -0.4 is 15.5 Å². The van der Waals surface area contributed by atoms with Gasteiger partial charge in [-0.3, -0.25) is 9.78 Å². The average Bonchev–Trinajstić information content (AvgIpc) is 3.55. The van der Waals surface area contributed by atoms with Crippen LogP contribution in [0.3, 0.4) is 0 Å². The summed E-state index contributed by atoms with van der Waals surface area (Å²) in [5, 5.41) is 6.97. The van der Waals surface area contributed by atoms with E-state index in [0.717, 1.165) is 72.5 Å². The summed E-state index contributed by atoms with van der Waals surface area (Å²) in [6.07, 6.45) is 5.36. The van der Waals surface area contributed by atoms with Crippen molar-refractivity contribution >= 4 is 29.0 Å². The van der Waals surface area contributed by atoms with Crippen molar-refractivity contribution in [1.29, 1.82) is 0 Å². The molecule has 2 fully saturated rings. The molecule has 0 atom stereocenters. The molecule has 8 nitrogen and oxygen atoms in total. The Morgan fingerprint density at radius 2 is 2.00 bits per heavy atom. The second kappa shape index (κ2) is 8.91. The molecule has 1 aliphatic carbocycles. The zero-order valence-electron chi connectivity index (χ0n) is 18.2. The number of nitrogens with one attached hydrogen (secondary N) is 2. The monoisotopic (exact) mass is 450 g/mol. The average molecular weight is 451 g/mol. The van der Waals surface area contributed by atoms with E-state index in [9.17, 15) is 4.79 Å². The van der Waals surface area contributed by atoms with E-state index >= 15 is 0 Å². The fraction of sp³-hybridized carbons (Fsp3) is 0.391. The molecule has 0 bridgehead atoms. The second-order valence-electron chi connectivity index (χ2n) is 8.21. The number of nitrogens with zero attached hydrogens (tertiary/aromatic N) is 4. The van der Waals surface area contributed by atoms with Crippen LogP contribution in [0.2, 0.25) is 0 Å². The predicted octanol–water partition coefficient (Wildman–Crippen LogP) is 3.66. The molecule has 3 aromatic heterocycles. The molecule has 0 spiro atoms. The molecule has 32 heavy (non-hydrogen) atoms. The predicted molar refractivity (Wildman–Crippen MR) is 124 cm³/mol. The first-order valence-corrected chi connectivity index (χ1v) is 11.7. The summed E-state index contributed by atoms with van der Waals surface area (Å²) in [6.45, 7) is 7.61. The molecule has 3 aromatic rings. The molecule has 0 radical (unpaired) electrons. The molecule has 9 heteroatoms. The second-order valence-corrected chi connectivity index (χ2v) is 9.25. The molecule has 2 N–H and O–H groups in total. The number of aromatic nitrogens is 3. The Bertz CT molecular complexity index is 1140. The SMILES string of the molecule is Cc1ccc(-c2nc(Sc3cncc(NC(=O)C4CC4)c3)nc(C)c2N2CCNCC2)o1. The molecule has 0 aromatic carbocycles. The van der Waals surface area contributed by atoms with Crippen molar-refractivity contribution in [2.75, 3.05) is 36.4 Å². The number of furan rings is 1. The summed E-state index contributed by atoms with van der Waals surface area (Å²) in [5.74, 6) is 1.80. The van der Waals surface area contributed by atoms with Crippen LogP contribution in [0.5, 0.6) is 0 Å². The molecule has 1 amide bonds. The van der Waals surface area contributed by atoms with E-state index in [2.05, 4.69) is 20.5 Å². The minimum absolute atomic E-state index is 0.0666. The highest BCUT2D eigenvalue weighted by Crippen LogP contribution is 2.36. The summed E-state index contributed by atoms with van der Waals surface area (Å²) in [7, 11) is 0. The van der Waals surface area contributed by atoms with Gasteiger partial charge >= 0.3 is 0 Å². The van der Waals surface area contributed by atoms with Gasteiger partial charge in [-0.2, -0.15) is 0 Å². The molecule has 0 unspecified atom stereocenters. The molecule has 1 aliphatic heterocycles. The first-order chi connectivity index (χ1) is 15.6. The van der Waals surface area contributed by atoms with Crippen LogP contribution in [0.25, 0.3) is 11.5 Å². The van der Waals surface area contributed by atoms with Gasteiger partial charge in [0.1, 0.15) is 11.5 Å². The van der Waals surface area contributed by atoms with Gasteiger partial charge in [-0.25, -0.2) is 9.97 Å². The number of carbonyl (C=O) groups is 1. The van der Waals surface area contributed by atoms with Crippen molar-refractivity contribution in [3.05, 3.63) is 42.0 Å². The number of pyridine rings is 1. The van der Waals surface area contributed by atoms with Crippen molar-refractivity contribution in [2.45, 2.75) is 36.7 Å². The quantitative estimate of drug-likeness (QED) is 0.550. The number of rotatable bonds is 6. The van der Waals surface area contributed by atoms with Crippen LogP contribution in [-0.2, 0) is 4.79 Å². The molecular weight excluding hydrogens is 424 g/mol. The summed E-state index contributed by atoms with van der Waals surface area (Å²) in [5.41, 5.74) is 3.44. The summed E-state index contributed by atoms with van der Waals surface area (Å²) >= 11 is 1.43. The van der Waals surface area contributed by atoms with Crippen molar-refractivity contribution in [3.8, 4) is 11.5 Å². The minimum atomic E-state index is 0.0666. The lowest BCUT2D eigenvalue weighted by Gasteiger charge is -2.31. The zero-order valence-corrected chi connectivity index (χ0v) is 19.0. The Kier molecular flexibility index (Phi) is 5.84. The molecular formula is C23H26N6O2S. The van der Waals surface area contributed by atoms with Crippen LogP contribution in [0.4, 0.5) is 11.4 Å². The maximum Gasteiger partial charge on any atom is 0.227 e. The van der Waals surface area contributed by atoms with E-state index in [4.69, 9.17) is 14.4 Å². The smallest absolute Gasteiger partial charge is 0.227 e. The van der Waals surface area contributed by atoms with Gasteiger partial charge in [0.25, 0.3) is 0 Å². The highest BCUT2D eigenvalue weighted by molar-refractivity contribution is 7.99. The van der Waals surface area contributed by atoms with Gasteiger partial charge in [0.05, 0.1) is 23.3 Å². The van der Waals surface area contributed by atoms with E-state index in [1.807, 2.05) is 32.0 Å². The molecule has 4 heterocycles. The number of anilines is 2. The van der Waals surface area contributed by atoms with Crippen LogP contribution in [0.15, 0.2) is 45.1 Å². The fourth-order valence-electron chi connectivity index (χ4n) is 3.83. The number of piperazine rings is 1. The Morgan fingerprint density at radius 3 is 2.72 bits per heavy atom. The number of hydrogen-bond acceptors (Lipinski definition) is 8. The highest BCUT2D eigenvalue weighted by Gasteiger charge is 2.29. The number of aryl methyl sites for hydroxylation is 2. The van der Waals surface area contributed by atoms with Gasteiger partial charge in [-0.15, -0.1) is 0 Å². The van der Waals surface area contributed by atoms with Crippen molar-refractivity contribution in [2.24, 2.45) is 5.92 Å². The highest BCUT2D eigenvalue weighted by atomic mass is 32.2. The number of carbonyl (C=O) groups excluding carboxylic acids is 1. The molecule has 166 valence electrons. The molecule has 1 saturated carbocycles. The van der Waals surface area contributed by atoms with E-state index < -0.39 is 0 Å². The Hall–Kier alpha value is -2.91. The first-order valence-electron chi connectivity index (χ1n) is 10.9. The van der Waals surface area contributed by atoms with E-state index in [1.165, 1.54) is 11.8 Å². The maximum atomic E-state index is 12.1. The van der Waals surface area contributed by atoms with Crippen LogP contribution in [-0.4, -0.2) is 47.0 Å². The third-order valence-electron chi connectivity index (χ3n) is 5.58. The van der Waals surface area contributed by atoms with Gasteiger partial charge in [0.2, 0.25) is 5.91 Å². The van der Waals surface area contributed by atoms with Crippen molar-refractivity contribution < 1.29 is 9.21 Å². The normalized spacial score (nSPS) is 16.2. The largest absolute Gasteiger partial charge is 0.460 e. The van der Waals surface area contributed by atoms with Crippen LogP contribution >= 0.6 is 11.8 Å². The fourth-order valence-corrected chi connectivity index (χ4v) is 4.66. The van der Waals surface area contributed by atoms with Crippen molar-refractivity contribution in [3.63, 3.8) is 0 Å². The van der Waals surface area contributed by atoms with E-state index in [0.29, 0.717) is 10.8 Å². The third-order valence-corrected chi connectivity index (χ3v) is 6.41. The summed E-state index contributed by atoms with van der Waals surface area (Å²) < 4.78 is 5.95. The summed E-state index contributed by atoms with van der Waals surface area (Å²) in [4.78, 5) is 29.3.